The van der Waals surface area contributed by atoms with Gasteiger partial charge in [-0.15, -0.1) is 11.3 Å². The molecule has 0 spiro atoms. The van der Waals surface area contributed by atoms with Gasteiger partial charge in [-0.3, -0.25) is 9.69 Å². The molecular weight excluding hydrogens is 336 g/mol. The summed E-state index contributed by atoms with van der Waals surface area (Å²) >= 11 is 1.74. The molecule has 2 aromatic heterocycles. The van der Waals surface area contributed by atoms with E-state index in [1.54, 1.807) is 11.3 Å². The van der Waals surface area contributed by atoms with Crippen molar-refractivity contribution in [3.05, 3.63) is 45.3 Å². The number of aromatic nitrogens is 1. The van der Waals surface area contributed by atoms with Crippen molar-refractivity contribution < 1.29 is 9.53 Å². The number of nitrogens with two attached hydrogens (primary N) is 1. The van der Waals surface area contributed by atoms with Crippen LogP contribution in [0.3, 0.4) is 0 Å². The Bertz CT molecular complexity index is 727. The number of hydrogen-bond acceptors (Lipinski definition) is 6. The van der Waals surface area contributed by atoms with E-state index in [-0.39, 0.29) is 6.04 Å². The Morgan fingerprint density at radius 1 is 1.44 bits per heavy atom. The number of aryl methyl sites for hydroxylation is 2. The van der Waals surface area contributed by atoms with E-state index in [0.29, 0.717) is 17.9 Å². The Labute approximate surface area is 152 Å². The van der Waals surface area contributed by atoms with Gasteiger partial charge in [0.2, 0.25) is 0 Å². The van der Waals surface area contributed by atoms with Crippen LogP contribution in [0.2, 0.25) is 0 Å². The van der Waals surface area contributed by atoms with Gasteiger partial charge in [0.1, 0.15) is 5.82 Å². The van der Waals surface area contributed by atoms with Crippen molar-refractivity contribution in [3.63, 3.8) is 0 Å². The molecule has 0 unspecified atom stereocenters. The molecule has 7 heteroatoms. The molecule has 0 aromatic carbocycles. The minimum Gasteiger partial charge on any atom is -0.379 e. The van der Waals surface area contributed by atoms with Crippen LogP contribution in [0.5, 0.6) is 0 Å². The van der Waals surface area contributed by atoms with Crippen LogP contribution in [0, 0.1) is 13.8 Å². The Hall–Kier alpha value is -1.96. The maximum Gasteiger partial charge on any atom is 0.252 e. The van der Waals surface area contributed by atoms with Gasteiger partial charge in [-0.1, -0.05) is 6.07 Å². The number of nitrogens with zero attached hydrogens (tertiary/aromatic N) is 2. The fourth-order valence-electron chi connectivity index (χ4n) is 3.25. The van der Waals surface area contributed by atoms with E-state index in [1.165, 1.54) is 4.88 Å². The van der Waals surface area contributed by atoms with Gasteiger partial charge in [0.05, 0.1) is 24.8 Å². The van der Waals surface area contributed by atoms with Crippen molar-refractivity contribution in [1.29, 1.82) is 0 Å². The van der Waals surface area contributed by atoms with E-state index in [1.807, 2.05) is 19.9 Å². The topological polar surface area (TPSA) is 80.5 Å². The highest BCUT2D eigenvalue weighted by atomic mass is 32.1. The Morgan fingerprint density at radius 3 is 2.84 bits per heavy atom. The summed E-state index contributed by atoms with van der Waals surface area (Å²) < 4.78 is 5.48. The van der Waals surface area contributed by atoms with Gasteiger partial charge in [0.15, 0.2) is 0 Å². The zero-order valence-electron chi connectivity index (χ0n) is 14.6. The first kappa shape index (κ1) is 17.8. The number of rotatable bonds is 6. The van der Waals surface area contributed by atoms with Crippen molar-refractivity contribution >= 4 is 23.1 Å². The number of carbonyl (C=O) groups is 1. The molecule has 0 saturated carbocycles. The molecule has 0 radical (unpaired) electrons. The smallest absolute Gasteiger partial charge is 0.252 e. The Morgan fingerprint density at radius 2 is 2.20 bits per heavy atom. The third kappa shape index (κ3) is 4.18. The molecule has 6 nitrogen and oxygen atoms in total. The quantitative estimate of drug-likeness (QED) is 0.826. The molecule has 1 saturated heterocycles. The fraction of sp³-hybridized carbons (Fsp3) is 0.444. The predicted octanol–water partition coefficient (Wildman–Crippen LogP) is 2.34. The molecule has 0 bridgehead atoms. The average molecular weight is 360 g/mol. The van der Waals surface area contributed by atoms with Gasteiger partial charge >= 0.3 is 0 Å². The van der Waals surface area contributed by atoms with Crippen LogP contribution in [0.25, 0.3) is 0 Å². The molecule has 1 fully saturated rings. The summed E-state index contributed by atoms with van der Waals surface area (Å²) in [7, 11) is 0. The average Bonchev–Trinajstić information content (AvgIpc) is 3.09. The van der Waals surface area contributed by atoms with Crippen molar-refractivity contribution in [2.24, 2.45) is 5.73 Å². The van der Waals surface area contributed by atoms with Crippen LogP contribution < -0.4 is 11.1 Å². The van der Waals surface area contributed by atoms with E-state index >= 15 is 0 Å². The molecule has 0 aliphatic carbocycles. The van der Waals surface area contributed by atoms with Crippen LogP contribution in [-0.2, 0) is 4.74 Å². The molecule has 1 atom stereocenters. The summed E-state index contributed by atoms with van der Waals surface area (Å²) in [5.74, 6) is 0.117. The SMILES string of the molecule is Cc1cc(C)c(C(N)=O)c(NC[C@H](c2cccs2)N2CCOCC2)n1. The monoisotopic (exact) mass is 360 g/mol. The number of nitrogens with one attached hydrogen (secondary N) is 1. The second kappa shape index (κ2) is 7.95. The summed E-state index contributed by atoms with van der Waals surface area (Å²) in [6.45, 7) is 7.75. The minimum atomic E-state index is -0.452. The maximum atomic E-state index is 11.8. The highest BCUT2D eigenvalue weighted by Crippen LogP contribution is 2.27. The summed E-state index contributed by atoms with van der Waals surface area (Å²) in [5, 5.41) is 5.46. The molecule has 134 valence electrons. The van der Waals surface area contributed by atoms with E-state index in [2.05, 4.69) is 32.7 Å². The van der Waals surface area contributed by atoms with Crippen LogP contribution in [0.15, 0.2) is 23.6 Å². The number of amides is 1. The van der Waals surface area contributed by atoms with Crippen molar-refractivity contribution in [2.75, 3.05) is 38.2 Å². The first-order valence-corrected chi connectivity index (χ1v) is 9.31. The standard InChI is InChI=1S/C18H24N4O2S/c1-12-10-13(2)21-18(16(12)17(19)23)20-11-14(15-4-3-9-25-15)22-5-7-24-8-6-22/h3-4,9-10,14H,5-8,11H2,1-2H3,(H2,19,23)(H,20,21)/t14-/m1/s1. The van der Waals surface area contributed by atoms with Crippen LogP contribution >= 0.6 is 11.3 Å². The van der Waals surface area contributed by atoms with Crippen LogP contribution in [0.4, 0.5) is 5.82 Å². The van der Waals surface area contributed by atoms with Gasteiger partial charge in [0.25, 0.3) is 5.91 Å². The number of pyridine rings is 1. The van der Waals surface area contributed by atoms with E-state index in [0.717, 1.165) is 37.6 Å². The number of morpholine rings is 1. The third-order valence-electron chi connectivity index (χ3n) is 4.41. The van der Waals surface area contributed by atoms with Crippen molar-refractivity contribution in [2.45, 2.75) is 19.9 Å². The molecule has 3 N–H and O–H groups in total. The van der Waals surface area contributed by atoms with Crippen LogP contribution in [0.1, 0.15) is 32.5 Å². The second-order valence-electron chi connectivity index (χ2n) is 6.23. The largest absolute Gasteiger partial charge is 0.379 e. The molecule has 1 aliphatic rings. The number of thiophene rings is 1. The van der Waals surface area contributed by atoms with E-state index < -0.39 is 5.91 Å². The third-order valence-corrected chi connectivity index (χ3v) is 5.39. The summed E-state index contributed by atoms with van der Waals surface area (Å²) in [5.41, 5.74) is 7.75. The predicted molar refractivity (Wildman–Crippen MR) is 100 cm³/mol. The first-order valence-electron chi connectivity index (χ1n) is 8.43. The van der Waals surface area contributed by atoms with E-state index in [4.69, 9.17) is 10.5 Å². The fourth-order valence-corrected chi connectivity index (χ4v) is 4.11. The zero-order valence-corrected chi connectivity index (χ0v) is 15.4. The number of primary amides is 1. The van der Waals surface area contributed by atoms with E-state index in [9.17, 15) is 4.79 Å². The van der Waals surface area contributed by atoms with Gasteiger partial charge < -0.3 is 15.8 Å². The highest BCUT2D eigenvalue weighted by Gasteiger charge is 2.24. The summed E-state index contributed by atoms with van der Waals surface area (Å²) in [4.78, 5) is 20.1. The molecule has 3 heterocycles. The van der Waals surface area contributed by atoms with Crippen LogP contribution in [-0.4, -0.2) is 48.6 Å². The van der Waals surface area contributed by atoms with Crippen molar-refractivity contribution in [3.8, 4) is 0 Å². The lowest BCUT2D eigenvalue weighted by Gasteiger charge is -2.34. The van der Waals surface area contributed by atoms with Gasteiger partial charge in [-0.25, -0.2) is 4.98 Å². The first-order chi connectivity index (χ1) is 12.1. The highest BCUT2D eigenvalue weighted by molar-refractivity contribution is 7.10. The molecule has 25 heavy (non-hydrogen) atoms. The number of hydrogen-bond donors (Lipinski definition) is 2. The minimum absolute atomic E-state index is 0.215. The zero-order chi connectivity index (χ0) is 17.8. The van der Waals surface area contributed by atoms with Gasteiger partial charge in [-0.05, 0) is 36.9 Å². The maximum absolute atomic E-state index is 11.8. The normalized spacial score (nSPS) is 16.6. The Balaban J connectivity index is 1.83. The summed E-state index contributed by atoms with van der Waals surface area (Å²) in [6.07, 6.45) is 0. The second-order valence-corrected chi connectivity index (χ2v) is 7.21. The lowest BCUT2D eigenvalue weighted by atomic mass is 10.1. The molecule has 3 rings (SSSR count). The molecular formula is C18H24N4O2S. The number of carbonyl (C=O) groups excluding carboxylic acids is 1. The van der Waals surface area contributed by atoms with Crippen molar-refractivity contribution in [1.82, 2.24) is 9.88 Å². The van der Waals surface area contributed by atoms with Gasteiger partial charge in [-0.2, -0.15) is 0 Å². The number of ether oxygens (including phenoxy) is 1. The lowest BCUT2D eigenvalue weighted by Crippen LogP contribution is -2.41. The Kier molecular flexibility index (Phi) is 5.67. The van der Waals surface area contributed by atoms with Gasteiger partial charge in [0, 0.05) is 30.2 Å². The number of anilines is 1. The molecule has 1 amide bonds. The molecule has 1 aliphatic heterocycles. The summed E-state index contributed by atoms with van der Waals surface area (Å²) in [6, 6.07) is 6.31. The lowest BCUT2D eigenvalue weighted by molar-refractivity contribution is 0.0194. The molecule has 2 aromatic rings.